The van der Waals surface area contributed by atoms with Crippen LogP contribution in [-0.2, 0) is 0 Å². The first-order chi connectivity index (χ1) is 14.0. The van der Waals surface area contributed by atoms with Crippen molar-refractivity contribution in [2.24, 2.45) is 0 Å². The van der Waals surface area contributed by atoms with Gasteiger partial charge in [0, 0.05) is 16.1 Å². The maximum Gasteiger partial charge on any atom is 0.288 e. The average Bonchev–Trinajstić information content (AvgIpc) is 3.16. The molecule has 2 aromatic carbocycles. The summed E-state index contributed by atoms with van der Waals surface area (Å²) in [7, 11) is 0. The van der Waals surface area contributed by atoms with Gasteiger partial charge in [0.25, 0.3) is 5.56 Å². The van der Waals surface area contributed by atoms with Crippen LogP contribution in [0.15, 0.2) is 47.3 Å². The van der Waals surface area contributed by atoms with Gasteiger partial charge in [0.1, 0.15) is 23.2 Å². The standard InChI is InChI=1S/C18H10Cl2FN7O/c19-9-4-5-11(12(20)7-9)14-13-15(17(29)24-23-14)22-18-25-26-27-28(18)16(13)8-2-1-3-10(21)6-8/h1-7,16H,(H,24,29)(H,22,25,27)/t16-/m0/s1. The fraction of sp³-hybridized carbons (Fsp3) is 0.0556. The normalized spacial score (nSPS) is 14.8. The number of halogens is 3. The van der Waals surface area contributed by atoms with Crippen LogP contribution in [-0.4, -0.2) is 30.4 Å². The van der Waals surface area contributed by atoms with Crippen LogP contribution in [0.5, 0.6) is 0 Å². The highest BCUT2D eigenvalue weighted by Crippen LogP contribution is 2.42. The zero-order chi connectivity index (χ0) is 20.1. The molecule has 11 heteroatoms. The number of rotatable bonds is 2. The second-order valence-corrected chi connectivity index (χ2v) is 7.19. The zero-order valence-electron chi connectivity index (χ0n) is 14.4. The summed E-state index contributed by atoms with van der Waals surface area (Å²) in [6.45, 7) is 0. The van der Waals surface area contributed by atoms with E-state index in [1.54, 1.807) is 30.3 Å². The number of aromatic amines is 1. The summed E-state index contributed by atoms with van der Waals surface area (Å²) < 4.78 is 15.5. The van der Waals surface area contributed by atoms with Crippen molar-refractivity contribution in [2.75, 3.05) is 5.32 Å². The molecule has 0 bridgehead atoms. The number of anilines is 2. The van der Waals surface area contributed by atoms with E-state index in [4.69, 9.17) is 23.2 Å². The molecule has 1 aliphatic heterocycles. The lowest BCUT2D eigenvalue weighted by atomic mass is 9.92. The quantitative estimate of drug-likeness (QED) is 0.444. The fourth-order valence-electron chi connectivity index (χ4n) is 3.41. The van der Waals surface area contributed by atoms with Gasteiger partial charge in [-0.1, -0.05) is 40.4 Å². The summed E-state index contributed by atoms with van der Waals surface area (Å²) in [4.78, 5) is 12.6. The molecular weight excluding hydrogens is 420 g/mol. The third kappa shape index (κ3) is 2.86. The number of fused-ring (bicyclic) bond motifs is 2. The van der Waals surface area contributed by atoms with E-state index >= 15 is 0 Å². The Bertz CT molecular complexity index is 1320. The number of H-pyrrole nitrogens is 1. The van der Waals surface area contributed by atoms with Gasteiger partial charge in [-0.3, -0.25) is 4.79 Å². The molecule has 0 unspecified atom stereocenters. The third-order valence-electron chi connectivity index (χ3n) is 4.62. The predicted octanol–water partition coefficient (Wildman–Crippen LogP) is 3.56. The van der Waals surface area contributed by atoms with Crippen molar-refractivity contribution in [1.29, 1.82) is 0 Å². The zero-order valence-corrected chi connectivity index (χ0v) is 15.9. The lowest BCUT2D eigenvalue weighted by Gasteiger charge is -2.28. The van der Waals surface area contributed by atoms with Crippen molar-refractivity contribution >= 4 is 34.8 Å². The lowest BCUT2D eigenvalue weighted by molar-refractivity contribution is 0.560. The molecule has 2 N–H and O–H groups in total. The molecule has 2 aromatic heterocycles. The van der Waals surface area contributed by atoms with E-state index in [-0.39, 0.29) is 11.6 Å². The number of nitrogens with zero attached hydrogens (tertiary/aromatic N) is 5. The van der Waals surface area contributed by atoms with Crippen molar-refractivity contribution in [3.8, 4) is 11.3 Å². The monoisotopic (exact) mass is 429 g/mol. The van der Waals surface area contributed by atoms with Crippen LogP contribution in [0.25, 0.3) is 11.3 Å². The van der Waals surface area contributed by atoms with E-state index in [2.05, 4.69) is 31.0 Å². The van der Waals surface area contributed by atoms with Gasteiger partial charge in [-0.25, -0.2) is 9.49 Å². The summed E-state index contributed by atoms with van der Waals surface area (Å²) >= 11 is 12.4. The van der Waals surface area contributed by atoms with E-state index in [0.29, 0.717) is 32.4 Å². The number of benzene rings is 2. The molecule has 1 aliphatic rings. The Labute approximate surface area is 172 Å². The van der Waals surface area contributed by atoms with Gasteiger partial charge < -0.3 is 5.32 Å². The molecule has 3 heterocycles. The fourth-order valence-corrected chi connectivity index (χ4v) is 3.91. The second kappa shape index (κ2) is 6.64. The van der Waals surface area contributed by atoms with Gasteiger partial charge in [0.15, 0.2) is 0 Å². The summed E-state index contributed by atoms with van der Waals surface area (Å²) in [5, 5.41) is 22.0. The highest BCUT2D eigenvalue weighted by molar-refractivity contribution is 6.36. The molecular formula is C18H10Cl2FN7O. The highest BCUT2D eigenvalue weighted by atomic mass is 35.5. The first-order valence-corrected chi connectivity index (χ1v) is 9.17. The third-order valence-corrected chi connectivity index (χ3v) is 5.17. The Kier molecular flexibility index (Phi) is 4.07. The van der Waals surface area contributed by atoms with Crippen LogP contribution < -0.4 is 10.9 Å². The minimum absolute atomic E-state index is 0.206. The van der Waals surface area contributed by atoms with Crippen molar-refractivity contribution in [1.82, 2.24) is 30.4 Å². The van der Waals surface area contributed by atoms with Gasteiger partial charge in [0.05, 0.1) is 5.02 Å². The average molecular weight is 430 g/mol. The Hall–Kier alpha value is -3.30. The van der Waals surface area contributed by atoms with Gasteiger partial charge in [0.2, 0.25) is 5.95 Å². The molecule has 5 rings (SSSR count). The maximum atomic E-state index is 14.0. The molecule has 0 saturated carbocycles. The van der Waals surface area contributed by atoms with Gasteiger partial charge in [-0.05, 0) is 46.3 Å². The molecule has 1 atom stereocenters. The van der Waals surface area contributed by atoms with Crippen molar-refractivity contribution in [2.45, 2.75) is 6.04 Å². The molecule has 0 saturated heterocycles. The summed E-state index contributed by atoms with van der Waals surface area (Å²) in [5.74, 6) is -0.183. The summed E-state index contributed by atoms with van der Waals surface area (Å²) in [6, 6.07) is 10.2. The first kappa shape index (κ1) is 17.8. The van der Waals surface area contributed by atoms with Gasteiger partial charge >= 0.3 is 0 Å². The summed E-state index contributed by atoms with van der Waals surface area (Å²) in [6.07, 6.45) is 0. The highest BCUT2D eigenvalue weighted by Gasteiger charge is 2.34. The van der Waals surface area contributed by atoms with Crippen LogP contribution in [0.3, 0.4) is 0 Å². The second-order valence-electron chi connectivity index (χ2n) is 6.34. The minimum atomic E-state index is -0.705. The van der Waals surface area contributed by atoms with E-state index in [0.717, 1.165) is 0 Å². The van der Waals surface area contributed by atoms with E-state index in [9.17, 15) is 9.18 Å². The van der Waals surface area contributed by atoms with Crippen molar-refractivity contribution in [3.05, 3.63) is 79.8 Å². The molecule has 0 fully saturated rings. The molecule has 29 heavy (non-hydrogen) atoms. The van der Waals surface area contributed by atoms with E-state index in [1.807, 2.05) is 0 Å². The van der Waals surface area contributed by atoms with Gasteiger partial charge in [-0.15, -0.1) is 0 Å². The lowest BCUT2D eigenvalue weighted by Crippen LogP contribution is -2.29. The largest absolute Gasteiger partial charge is 0.318 e. The number of tetrazole rings is 1. The van der Waals surface area contributed by atoms with Crippen molar-refractivity contribution < 1.29 is 4.39 Å². The van der Waals surface area contributed by atoms with E-state index in [1.165, 1.54) is 16.8 Å². The molecule has 0 amide bonds. The van der Waals surface area contributed by atoms with Crippen LogP contribution in [0, 0.1) is 5.82 Å². The van der Waals surface area contributed by atoms with Crippen LogP contribution >= 0.6 is 23.2 Å². The smallest absolute Gasteiger partial charge is 0.288 e. The topological polar surface area (TPSA) is 101 Å². The minimum Gasteiger partial charge on any atom is -0.318 e. The molecule has 144 valence electrons. The molecule has 8 nitrogen and oxygen atoms in total. The Morgan fingerprint density at radius 1 is 1.14 bits per heavy atom. The Morgan fingerprint density at radius 2 is 2.00 bits per heavy atom. The van der Waals surface area contributed by atoms with Crippen molar-refractivity contribution in [3.63, 3.8) is 0 Å². The molecule has 0 spiro atoms. The Morgan fingerprint density at radius 3 is 2.79 bits per heavy atom. The first-order valence-electron chi connectivity index (χ1n) is 8.41. The number of hydrogen-bond donors (Lipinski definition) is 2. The van der Waals surface area contributed by atoms with E-state index < -0.39 is 17.4 Å². The SMILES string of the molecule is O=c1[nH]nc(-c2ccc(Cl)cc2Cl)c2c1Nc1nnnn1[C@H]2c1cccc(F)c1. The van der Waals surface area contributed by atoms with Crippen LogP contribution in [0.4, 0.5) is 16.0 Å². The number of aromatic nitrogens is 6. The summed E-state index contributed by atoms with van der Waals surface area (Å²) in [5.41, 5.74) is 1.68. The number of hydrogen-bond acceptors (Lipinski definition) is 6. The maximum absolute atomic E-state index is 14.0. The number of nitrogens with one attached hydrogen (secondary N) is 2. The van der Waals surface area contributed by atoms with Gasteiger partial charge in [-0.2, -0.15) is 9.78 Å². The van der Waals surface area contributed by atoms with Crippen LogP contribution in [0.2, 0.25) is 10.0 Å². The van der Waals surface area contributed by atoms with Crippen LogP contribution in [0.1, 0.15) is 17.2 Å². The Balaban J connectivity index is 1.84. The molecule has 4 aromatic rings. The molecule has 0 radical (unpaired) electrons. The molecule has 0 aliphatic carbocycles. The predicted molar refractivity (Wildman–Crippen MR) is 105 cm³/mol.